The minimum Gasteiger partial charge on any atom is -0.436 e. The predicted octanol–water partition coefficient (Wildman–Crippen LogP) is 2.55. The van der Waals surface area contributed by atoms with Gasteiger partial charge >= 0.3 is 6.09 Å². The molecule has 4 nitrogen and oxygen atoms in total. The van der Waals surface area contributed by atoms with Crippen molar-refractivity contribution >= 4 is 12.2 Å². The minimum absolute atomic E-state index is 0.103. The van der Waals surface area contributed by atoms with Crippen molar-refractivity contribution in [2.75, 3.05) is 0 Å². The monoisotopic (exact) mass is 247 g/mol. The maximum Gasteiger partial charge on any atom is 0.412 e. The van der Waals surface area contributed by atoms with Crippen LogP contribution in [0.3, 0.4) is 0 Å². The summed E-state index contributed by atoms with van der Waals surface area (Å²) in [7, 11) is 0. The highest BCUT2D eigenvalue weighted by molar-refractivity contribution is 5.71. The molecular formula is C14H17NO3. The van der Waals surface area contributed by atoms with Crippen molar-refractivity contribution in [1.29, 1.82) is 0 Å². The summed E-state index contributed by atoms with van der Waals surface area (Å²) in [6, 6.07) is 7.33. The van der Waals surface area contributed by atoms with Crippen LogP contribution in [-0.2, 0) is 4.74 Å². The standard InChI is InChI=1S/C14H17NO3/c1-4-10-7-5-6-8-11(10)12-13(16)15(9(2)3)14(17)18-12/h4-9,12-13,16H,1H2,2-3H3/t12-,13+/m1/s1. The Kier molecular flexibility index (Phi) is 3.39. The molecule has 2 rings (SSSR count). The summed E-state index contributed by atoms with van der Waals surface area (Å²) in [5, 5.41) is 10.2. The number of nitrogens with zero attached hydrogens (tertiary/aromatic N) is 1. The highest BCUT2D eigenvalue weighted by Gasteiger charge is 2.43. The van der Waals surface area contributed by atoms with Gasteiger partial charge in [-0.05, 0) is 19.4 Å². The smallest absolute Gasteiger partial charge is 0.412 e. The molecule has 1 N–H and O–H groups in total. The van der Waals surface area contributed by atoms with E-state index >= 15 is 0 Å². The van der Waals surface area contributed by atoms with E-state index < -0.39 is 18.4 Å². The van der Waals surface area contributed by atoms with E-state index in [1.165, 1.54) is 4.90 Å². The molecule has 1 heterocycles. The second-order valence-corrected chi connectivity index (χ2v) is 4.55. The Morgan fingerprint density at radius 1 is 1.44 bits per heavy atom. The van der Waals surface area contributed by atoms with Crippen LogP contribution in [0.1, 0.15) is 31.1 Å². The van der Waals surface area contributed by atoms with Gasteiger partial charge in [-0.15, -0.1) is 0 Å². The number of aliphatic hydroxyl groups excluding tert-OH is 1. The average Bonchev–Trinajstić information content (AvgIpc) is 2.64. The van der Waals surface area contributed by atoms with Gasteiger partial charge in [0.25, 0.3) is 0 Å². The van der Waals surface area contributed by atoms with Crippen LogP contribution in [-0.4, -0.2) is 28.4 Å². The SMILES string of the molecule is C=Cc1ccccc1[C@H]1OC(=O)N(C(C)C)[C@H]1O. The van der Waals surface area contributed by atoms with E-state index in [9.17, 15) is 9.90 Å². The molecule has 1 amide bonds. The van der Waals surface area contributed by atoms with Gasteiger partial charge in [0.15, 0.2) is 12.3 Å². The Balaban J connectivity index is 2.35. The summed E-state index contributed by atoms with van der Waals surface area (Å²) in [6.45, 7) is 7.40. The number of carbonyl (C=O) groups excluding carboxylic acids is 1. The van der Waals surface area contributed by atoms with Crippen molar-refractivity contribution in [3.05, 3.63) is 42.0 Å². The lowest BCUT2D eigenvalue weighted by Gasteiger charge is -2.23. The molecule has 0 radical (unpaired) electrons. The lowest BCUT2D eigenvalue weighted by atomic mass is 10.0. The fourth-order valence-corrected chi connectivity index (χ4v) is 2.18. The first kappa shape index (κ1) is 12.6. The van der Waals surface area contributed by atoms with Crippen LogP contribution < -0.4 is 0 Å². The van der Waals surface area contributed by atoms with Crippen molar-refractivity contribution in [3.8, 4) is 0 Å². The molecule has 1 aliphatic rings. The summed E-state index contributed by atoms with van der Waals surface area (Å²) in [5.41, 5.74) is 1.64. The van der Waals surface area contributed by atoms with E-state index in [1.807, 2.05) is 38.1 Å². The van der Waals surface area contributed by atoms with Crippen molar-refractivity contribution in [2.24, 2.45) is 0 Å². The number of amides is 1. The Morgan fingerprint density at radius 2 is 2.11 bits per heavy atom. The molecule has 1 saturated heterocycles. The normalized spacial score (nSPS) is 23.3. The molecule has 0 bridgehead atoms. The second kappa shape index (κ2) is 4.82. The maximum absolute atomic E-state index is 11.7. The number of rotatable bonds is 3. The summed E-state index contributed by atoms with van der Waals surface area (Å²) in [4.78, 5) is 13.1. The zero-order valence-electron chi connectivity index (χ0n) is 10.5. The average molecular weight is 247 g/mol. The van der Waals surface area contributed by atoms with Crippen LogP contribution in [0.5, 0.6) is 0 Å². The first-order valence-electron chi connectivity index (χ1n) is 5.94. The number of cyclic esters (lactones) is 1. The molecule has 96 valence electrons. The van der Waals surface area contributed by atoms with Gasteiger partial charge in [0.1, 0.15) is 0 Å². The highest BCUT2D eigenvalue weighted by Crippen LogP contribution is 2.34. The number of aliphatic hydroxyl groups is 1. The molecule has 0 unspecified atom stereocenters. The third-order valence-electron chi connectivity index (χ3n) is 3.07. The van der Waals surface area contributed by atoms with Crippen LogP contribution in [0.15, 0.2) is 30.8 Å². The fraction of sp³-hybridized carbons (Fsp3) is 0.357. The van der Waals surface area contributed by atoms with Gasteiger partial charge in [0.05, 0.1) is 0 Å². The third kappa shape index (κ3) is 1.99. The Labute approximate surface area is 106 Å². The molecule has 1 aromatic carbocycles. The van der Waals surface area contributed by atoms with Gasteiger partial charge in [0, 0.05) is 11.6 Å². The van der Waals surface area contributed by atoms with E-state index in [1.54, 1.807) is 6.08 Å². The van der Waals surface area contributed by atoms with Gasteiger partial charge < -0.3 is 9.84 Å². The van der Waals surface area contributed by atoms with Crippen LogP contribution in [0.2, 0.25) is 0 Å². The van der Waals surface area contributed by atoms with Gasteiger partial charge in [-0.1, -0.05) is 36.9 Å². The first-order chi connectivity index (χ1) is 8.56. The summed E-state index contributed by atoms with van der Waals surface area (Å²) < 4.78 is 5.27. The molecule has 1 aliphatic heterocycles. The Bertz CT molecular complexity index is 470. The first-order valence-corrected chi connectivity index (χ1v) is 5.94. The Hall–Kier alpha value is -1.81. The molecule has 0 saturated carbocycles. The van der Waals surface area contributed by atoms with Crippen LogP contribution in [0, 0.1) is 0 Å². The van der Waals surface area contributed by atoms with Gasteiger partial charge in [-0.2, -0.15) is 0 Å². The zero-order valence-corrected chi connectivity index (χ0v) is 10.5. The number of carbonyl (C=O) groups is 1. The second-order valence-electron chi connectivity index (χ2n) is 4.55. The summed E-state index contributed by atoms with van der Waals surface area (Å²) in [6.07, 6.45) is -0.414. The van der Waals surface area contributed by atoms with E-state index in [0.29, 0.717) is 0 Å². The quantitative estimate of drug-likeness (QED) is 0.893. The molecule has 0 aromatic heterocycles. The number of hydrogen-bond donors (Lipinski definition) is 1. The van der Waals surface area contributed by atoms with Gasteiger partial charge in [0.2, 0.25) is 0 Å². The van der Waals surface area contributed by atoms with Crippen molar-refractivity contribution in [3.63, 3.8) is 0 Å². The molecule has 0 spiro atoms. The van der Waals surface area contributed by atoms with E-state index in [4.69, 9.17) is 4.74 Å². The van der Waals surface area contributed by atoms with Crippen molar-refractivity contribution in [1.82, 2.24) is 4.90 Å². The van der Waals surface area contributed by atoms with E-state index in [0.717, 1.165) is 11.1 Å². The Morgan fingerprint density at radius 3 is 2.67 bits per heavy atom. The highest BCUT2D eigenvalue weighted by atomic mass is 16.6. The molecule has 1 aromatic rings. The van der Waals surface area contributed by atoms with Crippen LogP contribution in [0.25, 0.3) is 6.08 Å². The zero-order chi connectivity index (χ0) is 13.3. The van der Waals surface area contributed by atoms with Gasteiger partial charge in [-0.25, -0.2) is 4.79 Å². The van der Waals surface area contributed by atoms with E-state index in [-0.39, 0.29) is 6.04 Å². The predicted molar refractivity (Wildman–Crippen MR) is 68.7 cm³/mol. The molecule has 18 heavy (non-hydrogen) atoms. The summed E-state index contributed by atoms with van der Waals surface area (Å²) >= 11 is 0. The number of benzene rings is 1. The molecular weight excluding hydrogens is 230 g/mol. The lowest BCUT2D eigenvalue weighted by Crippen LogP contribution is -2.39. The lowest BCUT2D eigenvalue weighted by molar-refractivity contribution is 0.00291. The maximum atomic E-state index is 11.7. The van der Waals surface area contributed by atoms with Crippen LogP contribution in [0.4, 0.5) is 4.79 Å². The van der Waals surface area contributed by atoms with Crippen LogP contribution >= 0.6 is 0 Å². The molecule has 2 atom stereocenters. The molecule has 4 heteroatoms. The largest absolute Gasteiger partial charge is 0.436 e. The third-order valence-corrected chi connectivity index (χ3v) is 3.07. The number of hydrogen-bond acceptors (Lipinski definition) is 3. The van der Waals surface area contributed by atoms with Gasteiger partial charge in [-0.3, -0.25) is 4.90 Å². The number of ether oxygens (including phenoxy) is 1. The molecule has 1 fully saturated rings. The summed E-state index contributed by atoms with van der Waals surface area (Å²) in [5.74, 6) is 0. The van der Waals surface area contributed by atoms with E-state index in [2.05, 4.69) is 6.58 Å². The fourth-order valence-electron chi connectivity index (χ4n) is 2.18. The van der Waals surface area contributed by atoms with Crippen molar-refractivity contribution in [2.45, 2.75) is 32.2 Å². The molecule has 0 aliphatic carbocycles. The van der Waals surface area contributed by atoms with Crippen molar-refractivity contribution < 1.29 is 14.6 Å². The topological polar surface area (TPSA) is 49.8 Å². The minimum atomic E-state index is -0.960.